The second-order valence-corrected chi connectivity index (χ2v) is 13.9. The number of allylic oxidation sites excluding steroid dienone is 1. The van der Waals surface area contributed by atoms with Crippen LogP contribution in [0.25, 0.3) is 22.2 Å². The number of urea groups is 1. The predicted octanol–water partition coefficient (Wildman–Crippen LogP) is 5.29. The number of fused-ring (bicyclic) bond motifs is 3. The Kier molecular flexibility index (Phi) is 9.59. The molecule has 3 aliphatic rings. The van der Waals surface area contributed by atoms with E-state index >= 15 is 0 Å². The second kappa shape index (κ2) is 13.9. The largest absolute Gasteiger partial charge is 0.497 e. The molecule has 13 heteroatoms. The highest BCUT2D eigenvalue weighted by Crippen LogP contribution is 2.45. The third-order valence-electron chi connectivity index (χ3n) is 9.12. The van der Waals surface area contributed by atoms with Gasteiger partial charge in [0.2, 0.25) is 5.91 Å². The van der Waals surface area contributed by atoms with Crippen LogP contribution in [0, 0.1) is 5.92 Å². The third kappa shape index (κ3) is 7.46. The summed E-state index contributed by atoms with van der Waals surface area (Å²) >= 11 is 0. The molecule has 0 spiro atoms. The van der Waals surface area contributed by atoms with Crippen molar-refractivity contribution in [3.05, 3.63) is 66.7 Å². The smallest absolute Gasteiger partial charge is 0.426 e. The van der Waals surface area contributed by atoms with Crippen LogP contribution in [0.3, 0.4) is 0 Å². The Morgan fingerprint density at radius 3 is 2.58 bits per heavy atom. The van der Waals surface area contributed by atoms with E-state index in [0.29, 0.717) is 47.4 Å². The van der Waals surface area contributed by atoms with Gasteiger partial charge in [-0.2, -0.15) is 0 Å². The van der Waals surface area contributed by atoms with Crippen LogP contribution in [0.1, 0.15) is 52.9 Å². The van der Waals surface area contributed by atoms with E-state index in [1.165, 1.54) is 9.91 Å². The average molecular weight is 686 g/mol. The number of pyridine rings is 1. The number of carboxylic acid groups (broad SMARTS) is 1. The summed E-state index contributed by atoms with van der Waals surface area (Å²) in [7, 11) is 1.58. The molecule has 1 aliphatic carbocycles. The van der Waals surface area contributed by atoms with Gasteiger partial charge in [-0.1, -0.05) is 42.5 Å². The Morgan fingerprint density at radius 1 is 1.08 bits per heavy atom. The summed E-state index contributed by atoms with van der Waals surface area (Å²) in [5.74, 6) is -0.967. The van der Waals surface area contributed by atoms with Crippen LogP contribution >= 0.6 is 0 Å². The van der Waals surface area contributed by atoms with Gasteiger partial charge in [-0.25, -0.2) is 29.8 Å². The quantitative estimate of drug-likeness (QED) is 0.293. The molecule has 1 aromatic heterocycles. The summed E-state index contributed by atoms with van der Waals surface area (Å²) in [5.41, 5.74) is 2.48. The lowest BCUT2D eigenvalue weighted by Gasteiger charge is -2.32. The van der Waals surface area contributed by atoms with E-state index in [-0.39, 0.29) is 31.8 Å². The first-order valence-corrected chi connectivity index (χ1v) is 16.9. The number of amides is 4. The molecule has 1 saturated carbocycles. The number of hydrogen-bond donors (Lipinski definition) is 3. The Bertz CT molecular complexity index is 1810. The standard InChI is InChI=1S/C37H43N5O8/c1-36(2,3)50-34(46)40-42-17-11-6-5-10-14-24-21-37(24,33(44)45)39-32(43)30-19-26(22-41(30)35(42)47)49-31-20-28(23-12-8-7-9-13-23)38-29-18-25(48-4)15-16-27(29)31/h7-10,12-16,18,20,24,26,30H,5-6,11,17,19,21-22H2,1-4H3,(H,39,43)(H,40,46)(H,44,45)/b14-10-/t24?,26-,30+,37-/m1/s1. The van der Waals surface area contributed by atoms with Crippen LogP contribution in [0.5, 0.6) is 11.5 Å². The maximum atomic E-state index is 14.3. The SMILES string of the molecule is COc1ccc2c(O[C@@H]3C[C@H]4C(=O)N[C@]5(C(=O)O)CC5/C=C\CCCCN(NC(=O)OC(C)(C)C)C(=O)N4C3)cc(-c3ccccc3)nc2c1. The molecular formula is C37H43N5O8. The first-order valence-electron chi connectivity index (χ1n) is 16.9. The van der Waals surface area contributed by atoms with Crippen LogP contribution in [0.4, 0.5) is 9.59 Å². The lowest BCUT2D eigenvalue weighted by atomic mass is 10.1. The van der Waals surface area contributed by atoms with Gasteiger partial charge in [0.1, 0.15) is 34.8 Å². The molecule has 3 aromatic rings. The maximum Gasteiger partial charge on any atom is 0.426 e. The average Bonchev–Trinajstić information content (AvgIpc) is 3.61. The van der Waals surface area contributed by atoms with Crippen molar-refractivity contribution in [3.8, 4) is 22.8 Å². The number of hydrogen-bond acceptors (Lipinski definition) is 8. The van der Waals surface area contributed by atoms with Crippen LogP contribution in [0.2, 0.25) is 0 Å². The van der Waals surface area contributed by atoms with Gasteiger partial charge in [0.15, 0.2) is 0 Å². The zero-order valence-electron chi connectivity index (χ0n) is 28.7. The molecule has 6 rings (SSSR count). The van der Waals surface area contributed by atoms with E-state index in [2.05, 4.69) is 10.7 Å². The van der Waals surface area contributed by atoms with Crippen molar-refractivity contribution < 1.29 is 38.5 Å². The third-order valence-corrected chi connectivity index (χ3v) is 9.12. The number of carboxylic acids is 1. The van der Waals surface area contributed by atoms with Gasteiger partial charge in [0.25, 0.3) is 0 Å². The number of nitrogens with one attached hydrogen (secondary N) is 2. The van der Waals surface area contributed by atoms with Gasteiger partial charge in [-0.15, -0.1) is 0 Å². The Morgan fingerprint density at radius 2 is 1.86 bits per heavy atom. The van der Waals surface area contributed by atoms with Crippen molar-refractivity contribution in [2.45, 2.75) is 76.2 Å². The molecule has 2 aliphatic heterocycles. The van der Waals surface area contributed by atoms with E-state index in [0.717, 1.165) is 5.56 Å². The number of benzene rings is 2. The highest BCUT2D eigenvalue weighted by Gasteiger charge is 2.61. The summed E-state index contributed by atoms with van der Waals surface area (Å²) in [6.07, 6.45) is 4.49. The van der Waals surface area contributed by atoms with E-state index in [9.17, 15) is 24.3 Å². The predicted molar refractivity (Wildman–Crippen MR) is 184 cm³/mol. The van der Waals surface area contributed by atoms with Gasteiger partial charge in [-0.05, 0) is 58.6 Å². The fourth-order valence-electron chi connectivity index (χ4n) is 6.50. The summed E-state index contributed by atoms with van der Waals surface area (Å²) in [6.45, 7) is 5.32. The molecule has 0 radical (unpaired) electrons. The van der Waals surface area contributed by atoms with E-state index in [1.54, 1.807) is 33.9 Å². The number of carbonyl (C=O) groups excluding carboxylic acids is 3. The van der Waals surface area contributed by atoms with Crippen LogP contribution in [-0.4, -0.2) is 87.5 Å². The Labute approximate surface area is 290 Å². The molecule has 264 valence electrons. The highest BCUT2D eigenvalue weighted by molar-refractivity contribution is 5.95. The number of ether oxygens (including phenoxy) is 3. The number of aliphatic carboxylic acids is 1. The van der Waals surface area contributed by atoms with Gasteiger partial charge in [-0.3, -0.25) is 4.79 Å². The van der Waals surface area contributed by atoms with Crippen molar-refractivity contribution in [1.82, 2.24) is 25.6 Å². The van der Waals surface area contributed by atoms with Gasteiger partial charge in [0, 0.05) is 42.0 Å². The lowest BCUT2D eigenvalue weighted by Crippen LogP contribution is -2.58. The molecule has 3 N–H and O–H groups in total. The lowest BCUT2D eigenvalue weighted by molar-refractivity contribution is -0.144. The molecule has 13 nitrogen and oxygen atoms in total. The normalized spacial score (nSPS) is 24.7. The molecule has 2 aromatic carbocycles. The first kappa shape index (κ1) is 34.5. The molecular weight excluding hydrogens is 642 g/mol. The summed E-state index contributed by atoms with van der Waals surface area (Å²) in [6, 6.07) is 15.2. The number of nitrogens with zero attached hydrogens (tertiary/aromatic N) is 3. The fraction of sp³-hybridized carbons (Fsp3) is 0.432. The van der Waals surface area contributed by atoms with Crippen molar-refractivity contribution in [1.29, 1.82) is 0 Å². The molecule has 4 amide bonds. The van der Waals surface area contributed by atoms with Gasteiger partial charge >= 0.3 is 18.1 Å². The van der Waals surface area contributed by atoms with Crippen molar-refractivity contribution in [2.75, 3.05) is 20.2 Å². The number of carbonyl (C=O) groups is 4. The molecule has 1 saturated heterocycles. The second-order valence-electron chi connectivity index (χ2n) is 13.9. The molecule has 0 bridgehead atoms. The molecule has 4 atom stereocenters. The first-order chi connectivity index (χ1) is 23.9. The number of methoxy groups -OCH3 is 1. The van der Waals surface area contributed by atoms with E-state index < -0.39 is 47.3 Å². The Balaban J connectivity index is 1.34. The highest BCUT2D eigenvalue weighted by atomic mass is 16.6. The van der Waals surface area contributed by atoms with E-state index in [1.807, 2.05) is 60.7 Å². The van der Waals surface area contributed by atoms with Crippen molar-refractivity contribution >= 4 is 34.9 Å². The minimum atomic E-state index is -1.45. The zero-order chi connectivity index (χ0) is 35.6. The van der Waals surface area contributed by atoms with Crippen LogP contribution in [-0.2, 0) is 14.3 Å². The Hall–Kier alpha value is -5.33. The maximum absolute atomic E-state index is 14.3. The van der Waals surface area contributed by atoms with Gasteiger partial charge < -0.3 is 29.5 Å². The molecule has 1 unspecified atom stereocenters. The number of rotatable bonds is 6. The van der Waals surface area contributed by atoms with Crippen LogP contribution < -0.4 is 20.2 Å². The molecule has 50 heavy (non-hydrogen) atoms. The minimum absolute atomic E-state index is 0.00649. The minimum Gasteiger partial charge on any atom is -0.497 e. The monoisotopic (exact) mass is 685 g/mol. The van der Waals surface area contributed by atoms with Gasteiger partial charge in [0.05, 0.1) is 24.9 Å². The number of hydrazine groups is 1. The van der Waals surface area contributed by atoms with Crippen molar-refractivity contribution in [2.24, 2.45) is 5.92 Å². The number of aromatic nitrogens is 1. The van der Waals surface area contributed by atoms with Crippen LogP contribution in [0.15, 0.2) is 66.7 Å². The topological polar surface area (TPSA) is 160 Å². The van der Waals surface area contributed by atoms with E-state index in [4.69, 9.17) is 19.2 Å². The summed E-state index contributed by atoms with van der Waals surface area (Å²) in [4.78, 5) is 59.7. The molecule has 3 heterocycles. The summed E-state index contributed by atoms with van der Waals surface area (Å²) < 4.78 is 17.5. The molecule has 2 fully saturated rings. The fourth-order valence-corrected chi connectivity index (χ4v) is 6.50. The summed E-state index contributed by atoms with van der Waals surface area (Å²) in [5, 5.41) is 14.8. The zero-order valence-corrected chi connectivity index (χ0v) is 28.7. The van der Waals surface area contributed by atoms with Crippen molar-refractivity contribution in [3.63, 3.8) is 0 Å².